The minimum absolute atomic E-state index is 0.516. The molecule has 0 amide bonds. The highest BCUT2D eigenvalue weighted by atomic mass is 16.5. The first-order valence-electron chi connectivity index (χ1n) is 6.88. The van der Waals surface area contributed by atoms with Gasteiger partial charge >= 0.3 is 0 Å². The second-order valence-electron chi connectivity index (χ2n) is 4.89. The maximum absolute atomic E-state index is 5.92. The van der Waals surface area contributed by atoms with Crippen LogP contribution in [0.3, 0.4) is 0 Å². The molecule has 106 valence electrons. The molecule has 0 radical (unpaired) electrons. The van der Waals surface area contributed by atoms with Gasteiger partial charge in [0.05, 0.1) is 7.11 Å². The van der Waals surface area contributed by atoms with Crippen molar-refractivity contribution in [1.82, 2.24) is 4.98 Å². The van der Waals surface area contributed by atoms with Gasteiger partial charge in [0.25, 0.3) is 0 Å². The monoisotopic (exact) mass is 279 g/mol. The highest BCUT2D eigenvalue weighted by molar-refractivity contribution is 5.87. The lowest BCUT2D eigenvalue weighted by atomic mass is 10.1. The average molecular weight is 279 g/mol. The molecule has 3 aromatic rings. The van der Waals surface area contributed by atoms with Gasteiger partial charge in [-0.3, -0.25) is 4.98 Å². The Bertz CT molecular complexity index is 754. The third-order valence-corrected chi connectivity index (χ3v) is 3.49. The Morgan fingerprint density at radius 2 is 1.81 bits per heavy atom. The van der Waals surface area contributed by atoms with Crippen LogP contribution >= 0.6 is 0 Å². The normalized spacial score (nSPS) is 10.6. The number of benzene rings is 2. The van der Waals surface area contributed by atoms with Crippen molar-refractivity contribution in [2.24, 2.45) is 0 Å². The van der Waals surface area contributed by atoms with E-state index in [1.165, 1.54) is 0 Å². The third-order valence-electron chi connectivity index (χ3n) is 3.49. The second kappa shape index (κ2) is 5.83. The fraction of sp³-hybridized carbons (Fsp3) is 0.167. The van der Waals surface area contributed by atoms with E-state index >= 15 is 0 Å². The summed E-state index contributed by atoms with van der Waals surface area (Å²) in [6, 6.07) is 16.1. The molecule has 3 nitrogen and oxygen atoms in total. The summed E-state index contributed by atoms with van der Waals surface area (Å²) in [7, 11) is 1.66. The molecule has 2 aromatic carbocycles. The molecule has 3 rings (SSSR count). The molecule has 0 unspecified atom stereocenters. The Morgan fingerprint density at radius 3 is 2.57 bits per heavy atom. The van der Waals surface area contributed by atoms with Crippen LogP contribution in [0, 0.1) is 6.92 Å². The Balaban J connectivity index is 1.95. The van der Waals surface area contributed by atoms with E-state index in [4.69, 9.17) is 9.47 Å². The summed E-state index contributed by atoms with van der Waals surface area (Å²) in [6.45, 7) is 2.51. The lowest BCUT2D eigenvalue weighted by molar-refractivity contribution is 0.285. The van der Waals surface area contributed by atoms with Crippen LogP contribution in [0.5, 0.6) is 11.5 Å². The van der Waals surface area contributed by atoms with Gasteiger partial charge in [-0.05, 0) is 36.1 Å². The van der Waals surface area contributed by atoms with Crippen LogP contribution in [0.25, 0.3) is 10.8 Å². The molecule has 0 saturated heterocycles. The summed E-state index contributed by atoms with van der Waals surface area (Å²) < 4.78 is 11.4. The maximum atomic E-state index is 5.92. The molecule has 0 bridgehead atoms. The molecule has 3 heteroatoms. The third kappa shape index (κ3) is 2.82. The highest BCUT2D eigenvalue weighted by Gasteiger charge is 2.09. The zero-order valence-electron chi connectivity index (χ0n) is 12.2. The Kier molecular flexibility index (Phi) is 3.73. The summed E-state index contributed by atoms with van der Waals surface area (Å²) in [5.41, 5.74) is 2.11. The van der Waals surface area contributed by atoms with Crippen LogP contribution in [0.4, 0.5) is 0 Å². The van der Waals surface area contributed by atoms with E-state index < -0.39 is 0 Å². The molecule has 0 saturated carbocycles. The van der Waals surface area contributed by atoms with Gasteiger partial charge in [-0.1, -0.05) is 30.3 Å². The number of aromatic nitrogens is 1. The zero-order chi connectivity index (χ0) is 14.7. The van der Waals surface area contributed by atoms with Gasteiger partial charge in [-0.25, -0.2) is 0 Å². The number of ether oxygens (including phenoxy) is 2. The van der Waals surface area contributed by atoms with Crippen molar-refractivity contribution in [2.75, 3.05) is 7.11 Å². The molecule has 0 N–H and O–H groups in total. The summed E-state index contributed by atoms with van der Waals surface area (Å²) >= 11 is 0. The fourth-order valence-corrected chi connectivity index (χ4v) is 2.33. The van der Waals surface area contributed by atoms with Crippen molar-refractivity contribution in [3.05, 3.63) is 66.0 Å². The first-order chi connectivity index (χ1) is 10.3. The number of methoxy groups -OCH3 is 1. The van der Waals surface area contributed by atoms with Crippen LogP contribution in [0.15, 0.2) is 54.7 Å². The lowest BCUT2D eigenvalue weighted by Crippen LogP contribution is -1.98. The topological polar surface area (TPSA) is 31.4 Å². The van der Waals surface area contributed by atoms with Crippen molar-refractivity contribution in [2.45, 2.75) is 13.5 Å². The number of nitrogens with zero attached hydrogens (tertiary/aromatic N) is 1. The molecular formula is C18H17NO2. The highest BCUT2D eigenvalue weighted by Crippen LogP contribution is 2.33. The van der Waals surface area contributed by atoms with Gasteiger partial charge in [0, 0.05) is 17.3 Å². The van der Waals surface area contributed by atoms with Crippen LogP contribution in [0.1, 0.15) is 11.3 Å². The molecule has 0 aliphatic carbocycles. The van der Waals surface area contributed by atoms with Crippen molar-refractivity contribution >= 4 is 10.8 Å². The second-order valence-corrected chi connectivity index (χ2v) is 4.89. The summed E-state index contributed by atoms with van der Waals surface area (Å²) in [4.78, 5) is 4.33. The molecule has 0 fully saturated rings. The van der Waals surface area contributed by atoms with Crippen LogP contribution in [0.2, 0.25) is 0 Å². The van der Waals surface area contributed by atoms with Gasteiger partial charge in [0.1, 0.15) is 6.61 Å². The van der Waals surface area contributed by atoms with Gasteiger partial charge < -0.3 is 9.47 Å². The van der Waals surface area contributed by atoms with E-state index in [-0.39, 0.29) is 0 Å². The molecule has 0 aliphatic rings. The minimum Gasteiger partial charge on any atom is -0.493 e. The molecule has 1 aromatic heterocycles. The van der Waals surface area contributed by atoms with Crippen LogP contribution < -0.4 is 9.47 Å². The zero-order valence-corrected chi connectivity index (χ0v) is 12.2. The molecule has 21 heavy (non-hydrogen) atoms. The van der Waals surface area contributed by atoms with Gasteiger partial charge in [0.2, 0.25) is 0 Å². The summed E-state index contributed by atoms with van der Waals surface area (Å²) in [5, 5.41) is 2.19. The van der Waals surface area contributed by atoms with Crippen LogP contribution in [-0.4, -0.2) is 12.1 Å². The van der Waals surface area contributed by atoms with E-state index in [2.05, 4.69) is 4.98 Å². The quantitative estimate of drug-likeness (QED) is 0.719. The number of hydrogen-bond donors (Lipinski definition) is 0. The Labute approximate surface area is 124 Å². The molecule has 0 spiro atoms. The summed E-state index contributed by atoms with van der Waals surface area (Å²) in [5.74, 6) is 1.48. The average Bonchev–Trinajstić information content (AvgIpc) is 2.53. The number of hydrogen-bond acceptors (Lipinski definition) is 3. The Morgan fingerprint density at radius 1 is 1.00 bits per heavy atom. The molecule has 0 atom stereocenters. The van der Waals surface area contributed by atoms with E-state index in [1.807, 2.05) is 61.7 Å². The Hall–Kier alpha value is -2.55. The van der Waals surface area contributed by atoms with E-state index in [1.54, 1.807) is 7.11 Å². The smallest absolute Gasteiger partial charge is 0.162 e. The lowest BCUT2D eigenvalue weighted by Gasteiger charge is -2.13. The fourth-order valence-electron chi connectivity index (χ4n) is 2.33. The van der Waals surface area contributed by atoms with Crippen LogP contribution in [-0.2, 0) is 6.61 Å². The summed E-state index contributed by atoms with van der Waals surface area (Å²) in [6.07, 6.45) is 1.81. The first kappa shape index (κ1) is 13.4. The van der Waals surface area contributed by atoms with Crippen molar-refractivity contribution < 1.29 is 9.47 Å². The molecule has 0 aliphatic heterocycles. The van der Waals surface area contributed by atoms with E-state index in [9.17, 15) is 0 Å². The number of fused-ring (bicyclic) bond motifs is 1. The van der Waals surface area contributed by atoms with Crippen molar-refractivity contribution in [1.29, 1.82) is 0 Å². The van der Waals surface area contributed by atoms with Gasteiger partial charge in [-0.2, -0.15) is 0 Å². The number of aryl methyl sites for hydroxylation is 1. The first-order valence-corrected chi connectivity index (χ1v) is 6.88. The van der Waals surface area contributed by atoms with E-state index in [0.717, 1.165) is 33.5 Å². The maximum Gasteiger partial charge on any atom is 0.162 e. The van der Waals surface area contributed by atoms with E-state index in [0.29, 0.717) is 6.61 Å². The standard InChI is InChI=1S/C18H17NO2/c1-13-16-11-18(21-12-14-6-4-3-5-7-14)17(20-2)10-15(16)8-9-19-13/h3-11H,12H2,1-2H3. The molecular weight excluding hydrogens is 262 g/mol. The van der Waals surface area contributed by atoms with Gasteiger partial charge in [0.15, 0.2) is 11.5 Å². The van der Waals surface area contributed by atoms with Crippen molar-refractivity contribution in [3.8, 4) is 11.5 Å². The predicted octanol–water partition coefficient (Wildman–Crippen LogP) is 4.13. The SMILES string of the molecule is COc1cc2ccnc(C)c2cc1OCc1ccccc1. The number of rotatable bonds is 4. The predicted molar refractivity (Wildman–Crippen MR) is 83.8 cm³/mol. The molecule has 1 heterocycles. The van der Waals surface area contributed by atoms with Crippen molar-refractivity contribution in [3.63, 3.8) is 0 Å². The minimum atomic E-state index is 0.516. The van der Waals surface area contributed by atoms with Gasteiger partial charge in [-0.15, -0.1) is 0 Å². The number of pyridine rings is 1. The largest absolute Gasteiger partial charge is 0.493 e.